The third kappa shape index (κ3) is 5.67. The molecule has 0 saturated heterocycles. The van der Waals surface area contributed by atoms with Crippen LogP contribution in [0.5, 0.6) is 0 Å². The van der Waals surface area contributed by atoms with Gasteiger partial charge in [-0.3, -0.25) is 0 Å². The van der Waals surface area contributed by atoms with Crippen molar-refractivity contribution in [1.29, 1.82) is 0 Å². The minimum atomic E-state index is 0.182. The number of aryl methyl sites for hydroxylation is 1. The molecule has 0 amide bonds. The second-order valence-corrected chi connectivity index (χ2v) is 7.57. The van der Waals surface area contributed by atoms with Gasteiger partial charge in [-0.25, -0.2) is 0 Å². The topological polar surface area (TPSA) is 12.0 Å². The van der Waals surface area contributed by atoms with Gasteiger partial charge >= 0.3 is 0 Å². The lowest BCUT2D eigenvalue weighted by Gasteiger charge is -2.28. The first-order chi connectivity index (χ1) is 9.94. The fraction of sp³-hybridized carbons (Fsp3) is 0.600. The number of rotatable bonds is 4. The van der Waals surface area contributed by atoms with Gasteiger partial charge < -0.3 is 5.32 Å². The Morgan fingerprint density at radius 3 is 2.29 bits per heavy atom. The SMILES string of the molecule is Cc1ccc(/C=C(/CNC(C)(C)C)C2CCCCC2)cc1. The van der Waals surface area contributed by atoms with Crippen LogP contribution in [0.3, 0.4) is 0 Å². The van der Waals surface area contributed by atoms with E-state index in [2.05, 4.69) is 63.4 Å². The Hall–Kier alpha value is -1.08. The molecular weight excluding hydrogens is 254 g/mol. The van der Waals surface area contributed by atoms with E-state index in [4.69, 9.17) is 0 Å². The highest BCUT2D eigenvalue weighted by atomic mass is 14.9. The first kappa shape index (κ1) is 16.3. The molecule has 0 atom stereocenters. The summed E-state index contributed by atoms with van der Waals surface area (Å²) in [4.78, 5) is 0. The summed E-state index contributed by atoms with van der Waals surface area (Å²) in [7, 11) is 0. The average Bonchev–Trinajstić information content (AvgIpc) is 2.45. The minimum absolute atomic E-state index is 0.182. The van der Waals surface area contributed by atoms with Gasteiger partial charge in [0, 0.05) is 12.1 Å². The second kappa shape index (κ2) is 7.26. The largest absolute Gasteiger partial charge is 0.308 e. The molecule has 1 nitrogen and oxygen atoms in total. The maximum atomic E-state index is 3.68. The molecule has 1 aromatic carbocycles. The van der Waals surface area contributed by atoms with E-state index in [9.17, 15) is 0 Å². The van der Waals surface area contributed by atoms with Gasteiger partial charge in [0.15, 0.2) is 0 Å². The average molecular weight is 285 g/mol. The molecule has 116 valence electrons. The molecule has 1 aliphatic rings. The smallest absolute Gasteiger partial charge is 0.0175 e. The zero-order chi connectivity index (χ0) is 15.3. The van der Waals surface area contributed by atoms with Gasteiger partial charge in [-0.2, -0.15) is 0 Å². The van der Waals surface area contributed by atoms with Gasteiger partial charge in [-0.1, -0.05) is 60.7 Å². The summed E-state index contributed by atoms with van der Waals surface area (Å²) >= 11 is 0. The lowest BCUT2D eigenvalue weighted by Crippen LogP contribution is -2.38. The molecule has 1 heteroatoms. The van der Waals surface area contributed by atoms with Crippen LogP contribution in [-0.4, -0.2) is 12.1 Å². The van der Waals surface area contributed by atoms with Crippen LogP contribution in [0.25, 0.3) is 6.08 Å². The fourth-order valence-electron chi connectivity index (χ4n) is 3.03. The summed E-state index contributed by atoms with van der Waals surface area (Å²) in [5, 5.41) is 3.68. The van der Waals surface area contributed by atoms with Crippen molar-refractivity contribution in [2.24, 2.45) is 5.92 Å². The van der Waals surface area contributed by atoms with Gasteiger partial charge in [-0.05, 0) is 52.0 Å². The summed E-state index contributed by atoms with van der Waals surface area (Å²) in [6.45, 7) is 9.91. The second-order valence-electron chi connectivity index (χ2n) is 7.57. The van der Waals surface area contributed by atoms with Crippen LogP contribution >= 0.6 is 0 Å². The molecular formula is C20H31N. The quantitative estimate of drug-likeness (QED) is 0.786. The molecule has 21 heavy (non-hydrogen) atoms. The summed E-state index contributed by atoms with van der Waals surface area (Å²) in [5.41, 5.74) is 4.45. The number of hydrogen-bond acceptors (Lipinski definition) is 1. The van der Waals surface area contributed by atoms with E-state index in [1.165, 1.54) is 43.2 Å². The molecule has 0 unspecified atom stereocenters. The number of nitrogens with one attached hydrogen (secondary N) is 1. The Labute approximate surface area is 130 Å². The molecule has 2 rings (SSSR count). The first-order valence-electron chi connectivity index (χ1n) is 8.46. The Bertz CT molecular complexity index is 456. The van der Waals surface area contributed by atoms with Crippen molar-refractivity contribution >= 4 is 6.08 Å². The summed E-state index contributed by atoms with van der Waals surface area (Å²) in [6, 6.07) is 8.91. The molecule has 0 aliphatic heterocycles. The third-order valence-electron chi connectivity index (χ3n) is 4.38. The summed E-state index contributed by atoms with van der Waals surface area (Å²) in [6.07, 6.45) is 9.36. The zero-order valence-corrected chi connectivity index (χ0v) is 14.2. The molecule has 1 N–H and O–H groups in total. The van der Waals surface area contributed by atoms with Crippen molar-refractivity contribution in [3.8, 4) is 0 Å². The number of hydrogen-bond donors (Lipinski definition) is 1. The van der Waals surface area contributed by atoms with Gasteiger partial charge in [0.2, 0.25) is 0 Å². The summed E-state index contributed by atoms with van der Waals surface area (Å²) < 4.78 is 0. The van der Waals surface area contributed by atoms with E-state index in [0.29, 0.717) is 0 Å². The van der Waals surface area contributed by atoms with E-state index in [-0.39, 0.29) is 5.54 Å². The molecule has 0 heterocycles. The molecule has 1 fully saturated rings. The van der Waals surface area contributed by atoms with E-state index in [1.54, 1.807) is 5.57 Å². The molecule has 0 aromatic heterocycles. The fourth-order valence-corrected chi connectivity index (χ4v) is 3.03. The van der Waals surface area contributed by atoms with E-state index in [0.717, 1.165) is 12.5 Å². The van der Waals surface area contributed by atoms with Crippen LogP contribution in [0.4, 0.5) is 0 Å². The van der Waals surface area contributed by atoms with Crippen LogP contribution in [-0.2, 0) is 0 Å². The maximum Gasteiger partial charge on any atom is 0.0175 e. The highest BCUT2D eigenvalue weighted by molar-refractivity contribution is 5.54. The van der Waals surface area contributed by atoms with Crippen LogP contribution in [0.2, 0.25) is 0 Å². The Balaban J connectivity index is 2.15. The monoisotopic (exact) mass is 285 g/mol. The molecule has 0 spiro atoms. The predicted octanol–water partition coefficient (Wildman–Crippen LogP) is 5.35. The van der Waals surface area contributed by atoms with Crippen molar-refractivity contribution in [1.82, 2.24) is 5.32 Å². The Morgan fingerprint density at radius 2 is 1.71 bits per heavy atom. The first-order valence-corrected chi connectivity index (χ1v) is 8.46. The van der Waals surface area contributed by atoms with Crippen molar-refractivity contribution in [3.63, 3.8) is 0 Å². The van der Waals surface area contributed by atoms with Gasteiger partial charge in [0.05, 0.1) is 0 Å². The van der Waals surface area contributed by atoms with Gasteiger partial charge in [0.1, 0.15) is 0 Å². The van der Waals surface area contributed by atoms with Crippen LogP contribution < -0.4 is 5.32 Å². The molecule has 1 aliphatic carbocycles. The molecule has 1 aromatic rings. The van der Waals surface area contributed by atoms with Crippen LogP contribution in [0, 0.1) is 12.8 Å². The van der Waals surface area contributed by atoms with Crippen molar-refractivity contribution in [2.45, 2.75) is 65.3 Å². The standard InChI is InChI=1S/C20H31N/c1-16-10-12-17(13-11-16)14-19(15-21-20(2,3)4)18-8-6-5-7-9-18/h10-14,18,21H,5-9,15H2,1-4H3/b19-14-. The zero-order valence-electron chi connectivity index (χ0n) is 14.2. The van der Waals surface area contributed by atoms with Gasteiger partial charge in [0.25, 0.3) is 0 Å². The minimum Gasteiger partial charge on any atom is -0.308 e. The lowest BCUT2D eigenvalue weighted by molar-refractivity contribution is 0.378. The highest BCUT2D eigenvalue weighted by Crippen LogP contribution is 2.31. The molecule has 0 radical (unpaired) electrons. The van der Waals surface area contributed by atoms with Gasteiger partial charge in [-0.15, -0.1) is 0 Å². The predicted molar refractivity (Wildman–Crippen MR) is 93.5 cm³/mol. The van der Waals surface area contributed by atoms with Crippen LogP contribution in [0.1, 0.15) is 64.0 Å². The van der Waals surface area contributed by atoms with Crippen molar-refractivity contribution in [2.75, 3.05) is 6.54 Å². The van der Waals surface area contributed by atoms with Crippen molar-refractivity contribution in [3.05, 3.63) is 41.0 Å². The maximum absolute atomic E-state index is 3.68. The van der Waals surface area contributed by atoms with E-state index < -0.39 is 0 Å². The summed E-state index contributed by atoms with van der Waals surface area (Å²) in [5.74, 6) is 0.773. The molecule has 1 saturated carbocycles. The van der Waals surface area contributed by atoms with E-state index in [1.807, 2.05) is 0 Å². The molecule has 0 bridgehead atoms. The third-order valence-corrected chi connectivity index (χ3v) is 4.38. The Kier molecular flexibility index (Phi) is 5.64. The number of benzene rings is 1. The van der Waals surface area contributed by atoms with Crippen LogP contribution in [0.15, 0.2) is 29.8 Å². The normalized spacial score (nSPS) is 18.0. The van der Waals surface area contributed by atoms with E-state index >= 15 is 0 Å². The van der Waals surface area contributed by atoms with Crippen molar-refractivity contribution < 1.29 is 0 Å². The lowest BCUT2D eigenvalue weighted by atomic mass is 9.82. The Morgan fingerprint density at radius 1 is 1.10 bits per heavy atom. The highest BCUT2D eigenvalue weighted by Gasteiger charge is 2.19.